The number of fused-ring (bicyclic) bond motifs is 1. The van der Waals surface area contributed by atoms with Gasteiger partial charge >= 0.3 is 0 Å². The van der Waals surface area contributed by atoms with Crippen LogP contribution in [0, 0.1) is 0 Å². The van der Waals surface area contributed by atoms with Gasteiger partial charge in [0.1, 0.15) is 11.5 Å². The van der Waals surface area contributed by atoms with Gasteiger partial charge in [0.25, 0.3) is 5.91 Å². The fourth-order valence-corrected chi connectivity index (χ4v) is 3.97. The third-order valence-corrected chi connectivity index (χ3v) is 5.81. The molecule has 1 aliphatic heterocycles. The number of para-hydroxylation sites is 2. The molecule has 33 heavy (non-hydrogen) atoms. The van der Waals surface area contributed by atoms with Gasteiger partial charge in [0.2, 0.25) is 5.91 Å². The molecule has 1 saturated heterocycles. The third kappa shape index (κ3) is 4.14. The fraction of sp³-hybridized carbons (Fsp3) is 0.261. The molecule has 168 valence electrons. The topological polar surface area (TPSA) is 112 Å². The molecule has 3 aromatic heterocycles. The van der Waals surface area contributed by atoms with E-state index in [2.05, 4.69) is 30.3 Å². The molecule has 10 nitrogen and oxygen atoms in total. The molecule has 2 N–H and O–H groups in total. The summed E-state index contributed by atoms with van der Waals surface area (Å²) in [6.45, 7) is 4.37. The van der Waals surface area contributed by atoms with Crippen LogP contribution in [0.1, 0.15) is 17.3 Å². The fourth-order valence-electron chi connectivity index (χ4n) is 3.97. The highest BCUT2D eigenvalue weighted by molar-refractivity contribution is 6.03. The smallest absolute Gasteiger partial charge is 0.258 e. The predicted molar refractivity (Wildman–Crippen MR) is 125 cm³/mol. The van der Waals surface area contributed by atoms with Gasteiger partial charge in [0, 0.05) is 52.4 Å². The number of piperazine rings is 1. The first-order valence-electron chi connectivity index (χ1n) is 10.7. The molecular formula is C23H24N8O2. The molecule has 1 aromatic carbocycles. The molecule has 0 aliphatic carbocycles. The molecule has 0 spiro atoms. The average molecular weight is 444 g/mol. The number of imidazole rings is 1. The van der Waals surface area contributed by atoms with E-state index in [1.807, 2.05) is 35.2 Å². The molecule has 1 fully saturated rings. The molecule has 0 radical (unpaired) electrons. The first kappa shape index (κ1) is 20.7. The van der Waals surface area contributed by atoms with E-state index in [9.17, 15) is 9.59 Å². The largest absolute Gasteiger partial charge is 0.353 e. The lowest BCUT2D eigenvalue weighted by Gasteiger charge is -2.34. The Hall–Kier alpha value is -4.21. The number of hydrogen-bond donors (Lipinski definition) is 2. The summed E-state index contributed by atoms with van der Waals surface area (Å²) in [6.07, 6.45) is 1.56. The van der Waals surface area contributed by atoms with Gasteiger partial charge in [-0.25, -0.2) is 9.97 Å². The second kappa shape index (κ2) is 8.38. The number of amides is 2. The average Bonchev–Trinajstić information content (AvgIpc) is 3.42. The Morgan fingerprint density at radius 1 is 1.06 bits per heavy atom. The highest BCUT2D eigenvalue weighted by atomic mass is 16.2. The highest BCUT2D eigenvalue weighted by Crippen LogP contribution is 2.23. The van der Waals surface area contributed by atoms with Gasteiger partial charge in [-0.15, -0.1) is 0 Å². The number of nitrogens with zero attached hydrogens (tertiary/aromatic N) is 6. The van der Waals surface area contributed by atoms with E-state index in [0.717, 1.165) is 35.6 Å². The Balaban J connectivity index is 1.26. The molecule has 4 heterocycles. The van der Waals surface area contributed by atoms with Crippen LogP contribution < -0.4 is 10.2 Å². The Kier molecular flexibility index (Phi) is 5.25. The molecule has 4 aromatic rings. The SMILES string of the molecule is CC(=O)N1CCN(c2ccc(C(=O)Nc3cc(-c4nc5ccccc5[nH]4)n(C)n3)cn2)CC1. The van der Waals surface area contributed by atoms with Gasteiger partial charge in [0.15, 0.2) is 11.6 Å². The lowest BCUT2D eigenvalue weighted by molar-refractivity contribution is -0.129. The van der Waals surface area contributed by atoms with E-state index in [1.165, 1.54) is 0 Å². The van der Waals surface area contributed by atoms with Crippen molar-refractivity contribution in [3.63, 3.8) is 0 Å². The number of aromatic amines is 1. The zero-order valence-corrected chi connectivity index (χ0v) is 18.4. The van der Waals surface area contributed by atoms with E-state index in [1.54, 1.807) is 37.0 Å². The second-order valence-electron chi connectivity index (χ2n) is 7.99. The van der Waals surface area contributed by atoms with E-state index in [0.29, 0.717) is 30.3 Å². The van der Waals surface area contributed by atoms with Gasteiger partial charge in [0.05, 0.1) is 16.6 Å². The number of aryl methyl sites for hydroxylation is 1. The molecule has 0 saturated carbocycles. The molecule has 1 aliphatic rings. The number of anilines is 2. The van der Waals surface area contributed by atoms with E-state index < -0.39 is 0 Å². The number of rotatable bonds is 4. The van der Waals surface area contributed by atoms with Crippen LogP contribution in [-0.4, -0.2) is 67.6 Å². The Bertz CT molecular complexity index is 1280. The molecule has 2 amide bonds. The lowest BCUT2D eigenvalue weighted by atomic mass is 10.2. The maximum atomic E-state index is 12.7. The Morgan fingerprint density at radius 3 is 2.55 bits per heavy atom. The van der Waals surface area contributed by atoms with Crippen LogP contribution in [0.25, 0.3) is 22.6 Å². The minimum atomic E-state index is -0.287. The quantitative estimate of drug-likeness (QED) is 0.499. The lowest BCUT2D eigenvalue weighted by Crippen LogP contribution is -2.48. The van der Waals surface area contributed by atoms with E-state index in [-0.39, 0.29) is 11.8 Å². The number of nitrogens with one attached hydrogen (secondary N) is 2. The van der Waals surface area contributed by atoms with Crippen molar-refractivity contribution in [3.8, 4) is 11.5 Å². The molecule has 0 atom stereocenters. The zero-order chi connectivity index (χ0) is 22.9. The van der Waals surface area contributed by atoms with Gasteiger partial charge < -0.3 is 20.1 Å². The number of H-pyrrole nitrogens is 1. The number of aromatic nitrogens is 5. The Morgan fingerprint density at radius 2 is 1.85 bits per heavy atom. The van der Waals surface area contributed by atoms with Crippen LogP contribution >= 0.6 is 0 Å². The van der Waals surface area contributed by atoms with Crippen molar-refractivity contribution in [2.24, 2.45) is 7.05 Å². The van der Waals surface area contributed by atoms with Crippen LogP contribution in [0.3, 0.4) is 0 Å². The molecule has 0 bridgehead atoms. The maximum Gasteiger partial charge on any atom is 0.258 e. The first-order chi connectivity index (χ1) is 16.0. The summed E-state index contributed by atoms with van der Waals surface area (Å²) >= 11 is 0. The van der Waals surface area contributed by atoms with E-state index >= 15 is 0 Å². The highest BCUT2D eigenvalue weighted by Gasteiger charge is 2.20. The molecule has 5 rings (SSSR count). The number of benzene rings is 1. The van der Waals surface area contributed by atoms with Crippen LogP contribution in [0.4, 0.5) is 11.6 Å². The minimum absolute atomic E-state index is 0.0904. The zero-order valence-electron chi connectivity index (χ0n) is 18.4. The van der Waals surface area contributed by atoms with Crippen LogP contribution in [0.15, 0.2) is 48.7 Å². The maximum absolute atomic E-state index is 12.7. The summed E-state index contributed by atoms with van der Waals surface area (Å²) in [7, 11) is 1.81. The van der Waals surface area contributed by atoms with Crippen molar-refractivity contribution in [2.45, 2.75) is 6.92 Å². The third-order valence-electron chi connectivity index (χ3n) is 5.81. The number of hydrogen-bond acceptors (Lipinski definition) is 6. The number of carbonyl (C=O) groups excluding carboxylic acids is 2. The monoisotopic (exact) mass is 444 g/mol. The standard InChI is InChI=1S/C23H24N8O2/c1-15(32)30-9-11-31(12-10-30)21-8-7-16(14-24-21)23(33)27-20-13-19(29(2)28-20)22-25-17-5-3-4-6-18(17)26-22/h3-8,13-14H,9-12H2,1-2H3,(H,25,26)(H,27,28,33). The number of carbonyl (C=O) groups is 2. The second-order valence-corrected chi connectivity index (χ2v) is 7.99. The summed E-state index contributed by atoms with van der Waals surface area (Å²) in [5.41, 5.74) is 3.01. The normalized spacial score (nSPS) is 14.0. The first-order valence-corrected chi connectivity index (χ1v) is 10.7. The van der Waals surface area contributed by atoms with Crippen molar-refractivity contribution in [1.82, 2.24) is 29.6 Å². The van der Waals surface area contributed by atoms with Gasteiger partial charge in [-0.1, -0.05) is 12.1 Å². The summed E-state index contributed by atoms with van der Waals surface area (Å²) in [4.78, 5) is 40.5. The van der Waals surface area contributed by atoms with Crippen molar-refractivity contribution >= 4 is 34.5 Å². The van der Waals surface area contributed by atoms with Crippen molar-refractivity contribution in [1.29, 1.82) is 0 Å². The molecule has 0 unspecified atom stereocenters. The summed E-state index contributed by atoms with van der Waals surface area (Å²) in [5, 5.41) is 7.23. The Labute approximate surface area is 190 Å². The summed E-state index contributed by atoms with van der Waals surface area (Å²) in [5.74, 6) is 1.71. The van der Waals surface area contributed by atoms with Crippen LogP contribution in [-0.2, 0) is 11.8 Å². The summed E-state index contributed by atoms with van der Waals surface area (Å²) in [6, 6.07) is 13.2. The van der Waals surface area contributed by atoms with Crippen molar-refractivity contribution < 1.29 is 9.59 Å². The number of pyridine rings is 1. The molecular weight excluding hydrogens is 420 g/mol. The van der Waals surface area contributed by atoms with Gasteiger partial charge in [-0.05, 0) is 24.3 Å². The summed E-state index contributed by atoms with van der Waals surface area (Å²) < 4.78 is 1.68. The predicted octanol–water partition coefficient (Wildman–Crippen LogP) is 2.28. The van der Waals surface area contributed by atoms with Gasteiger partial charge in [-0.3, -0.25) is 14.3 Å². The van der Waals surface area contributed by atoms with E-state index in [4.69, 9.17) is 0 Å². The van der Waals surface area contributed by atoms with Gasteiger partial charge in [-0.2, -0.15) is 5.10 Å². The van der Waals surface area contributed by atoms with Crippen molar-refractivity contribution in [3.05, 3.63) is 54.2 Å². The van der Waals surface area contributed by atoms with Crippen LogP contribution in [0.2, 0.25) is 0 Å². The minimum Gasteiger partial charge on any atom is -0.353 e. The van der Waals surface area contributed by atoms with Crippen LogP contribution in [0.5, 0.6) is 0 Å². The van der Waals surface area contributed by atoms with Crippen molar-refractivity contribution in [2.75, 3.05) is 36.4 Å². The molecule has 10 heteroatoms.